The van der Waals surface area contributed by atoms with Crippen LogP contribution in [0, 0.1) is 5.92 Å². The number of hydrogen-bond acceptors (Lipinski definition) is 4. The van der Waals surface area contributed by atoms with Crippen molar-refractivity contribution in [2.75, 3.05) is 10.6 Å². The molecule has 6 nitrogen and oxygen atoms in total. The lowest BCUT2D eigenvalue weighted by molar-refractivity contribution is -0.119. The molecule has 0 atom stereocenters. The third-order valence-electron chi connectivity index (χ3n) is 6.04. The molecule has 1 saturated carbocycles. The highest BCUT2D eigenvalue weighted by Gasteiger charge is 2.22. The SMILES string of the molecule is [B]c1cnn2c(NCc3cccc(NC(=O)C4CCCC4)c3)cc(-c3ccccc3Cl)nc12. The van der Waals surface area contributed by atoms with Crippen LogP contribution in [0.2, 0.25) is 5.02 Å². The van der Waals surface area contributed by atoms with Gasteiger partial charge < -0.3 is 10.6 Å². The summed E-state index contributed by atoms with van der Waals surface area (Å²) in [7, 11) is 6.11. The summed E-state index contributed by atoms with van der Waals surface area (Å²) in [6.07, 6.45) is 5.81. The second kappa shape index (κ2) is 9.28. The molecule has 0 spiro atoms. The molecule has 0 saturated heterocycles. The van der Waals surface area contributed by atoms with Gasteiger partial charge in [-0.3, -0.25) is 4.79 Å². The molecule has 5 rings (SSSR count). The summed E-state index contributed by atoms with van der Waals surface area (Å²) in [5.41, 5.74) is 4.42. The third kappa shape index (κ3) is 4.59. The van der Waals surface area contributed by atoms with Gasteiger partial charge in [-0.2, -0.15) is 9.61 Å². The molecule has 1 amide bonds. The van der Waals surface area contributed by atoms with Crippen molar-refractivity contribution in [3.63, 3.8) is 0 Å². The van der Waals surface area contributed by atoms with Gasteiger partial charge in [0.05, 0.1) is 5.69 Å². The highest BCUT2D eigenvalue weighted by atomic mass is 35.5. The van der Waals surface area contributed by atoms with E-state index >= 15 is 0 Å². The lowest BCUT2D eigenvalue weighted by atomic mass is 10.0. The van der Waals surface area contributed by atoms with E-state index in [1.807, 2.05) is 54.6 Å². The van der Waals surface area contributed by atoms with Crippen molar-refractivity contribution in [3.05, 3.63) is 71.4 Å². The first-order chi connectivity index (χ1) is 16.1. The molecule has 1 aliphatic carbocycles. The van der Waals surface area contributed by atoms with E-state index < -0.39 is 0 Å². The Morgan fingerprint density at radius 3 is 2.76 bits per heavy atom. The topological polar surface area (TPSA) is 71.3 Å². The van der Waals surface area contributed by atoms with Crippen LogP contribution in [0.15, 0.2) is 60.8 Å². The van der Waals surface area contributed by atoms with E-state index in [2.05, 4.69) is 20.7 Å². The number of fused-ring (bicyclic) bond motifs is 1. The first kappa shape index (κ1) is 21.5. The summed E-state index contributed by atoms with van der Waals surface area (Å²) in [6, 6.07) is 17.4. The molecule has 0 aliphatic heterocycles. The van der Waals surface area contributed by atoms with Gasteiger partial charge in [0, 0.05) is 41.0 Å². The van der Waals surface area contributed by atoms with Crippen LogP contribution in [0.1, 0.15) is 31.2 Å². The number of anilines is 2. The molecule has 164 valence electrons. The van der Waals surface area contributed by atoms with Crippen molar-refractivity contribution in [2.45, 2.75) is 32.2 Å². The first-order valence-electron chi connectivity index (χ1n) is 11.1. The van der Waals surface area contributed by atoms with E-state index in [0.717, 1.165) is 48.3 Å². The quantitative estimate of drug-likeness (QED) is 0.417. The molecule has 8 heteroatoms. The number of amides is 1. The largest absolute Gasteiger partial charge is 0.366 e. The van der Waals surface area contributed by atoms with Gasteiger partial charge in [0.1, 0.15) is 13.7 Å². The molecule has 33 heavy (non-hydrogen) atoms. The van der Waals surface area contributed by atoms with Gasteiger partial charge in [0.25, 0.3) is 0 Å². The number of halogens is 1. The van der Waals surface area contributed by atoms with Crippen LogP contribution in [-0.4, -0.2) is 28.4 Å². The number of carbonyl (C=O) groups excluding carboxylic acids is 1. The third-order valence-corrected chi connectivity index (χ3v) is 6.37. The average Bonchev–Trinajstić information content (AvgIpc) is 3.49. The zero-order chi connectivity index (χ0) is 22.8. The fourth-order valence-corrected chi connectivity index (χ4v) is 4.53. The van der Waals surface area contributed by atoms with Crippen LogP contribution in [0.4, 0.5) is 11.5 Å². The smallest absolute Gasteiger partial charge is 0.227 e. The Morgan fingerprint density at radius 2 is 1.94 bits per heavy atom. The molecule has 1 aliphatic rings. The van der Waals surface area contributed by atoms with Crippen LogP contribution in [0.5, 0.6) is 0 Å². The van der Waals surface area contributed by atoms with Gasteiger partial charge in [-0.25, -0.2) is 4.98 Å². The molecule has 4 aromatic rings. The Hall–Kier alpha value is -3.32. The molecule has 1 fully saturated rings. The Balaban J connectivity index is 1.38. The minimum atomic E-state index is 0.116. The van der Waals surface area contributed by atoms with Crippen molar-refractivity contribution in [1.29, 1.82) is 0 Å². The second-order valence-corrected chi connectivity index (χ2v) is 8.77. The van der Waals surface area contributed by atoms with E-state index in [1.54, 1.807) is 10.7 Å². The van der Waals surface area contributed by atoms with Gasteiger partial charge >= 0.3 is 0 Å². The summed E-state index contributed by atoms with van der Waals surface area (Å²) in [4.78, 5) is 17.2. The maximum Gasteiger partial charge on any atom is 0.227 e. The monoisotopic (exact) mass is 455 g/mol. The summed E-state index contributed by atoms with van der Waals surface area (Å²) < 4.78 is 1.68. The van der Waals surface area contributed by atoms with Crippen molar-refractivity contribution in [1.82, 2.24) is 14.6 Å². The van der Waals surface area contributed by atoms with Crippen LogP contribution >= 0.6 is 11.6 Å². The molecule has 0 unspecified atom stereocenters. The van der Waals surface area contributed by atoms with Gasteiger partial charge in [-0.1, -0.05) is 54.8 Å². The Labute approximate surface area is 198 Å². The van der Waals surface area contributed by atoms with Gasteiger partial charge in [-0.05, 0) is 42.1 Å². The van der Waals surface area contributed by atoms with Crippen LogP contribution in [0.3, 0.4) is 0 Å². The number of aromatic nitrogens is 3. The molecule has 2 aromatic heterocycles. The predicted octanol–water partition coefficient (Wildman–Crippen LogP) is 4.58. The lowest BCUT2D eigenvalue weighted by Gasteiger charge is -2.14. The number of benzene rings is 2. The van der Waals surface area contributed by atoms with E-state index in [9.17, 15) is 4.79 Å². The fourth-order valence-electron chi connectivity index (χ4n) is 4.30. The minimum Gasteiger partial charge on any atom is -0.366 e. The maximum absolute atomic E-state index is 12.5. The first-order valence-corrected chi connectivity index (χ1v) is 11.5. The summed E-state index contributed by atoms with van der Waals surface area (Å²) in [6.45, 7) is 0.536. The Morgan fingerprint density at radius 1 is 1.12 bits per heavy atom. The van der Waals surface area contributed by atoms with Crippen molar-refractivity contribution >= 4 is 48.0 Å². The number of nitrogens with one attached hydrogen (secondary N) is 2. The van der Waals surface area contributed by atoms with Crippen molar-refractivity contribution in [3.8, 4) is 11.3 Å². The predicted molar refractivity (Wildman–Crippen MR) is 133 cm³/mol. The Kier molecular flexibility index (Phi) is 6.05. The highest BCUT2D eigenvalue weighted by Crippen LogP contribution is 2.29. The maximum atomic E-state index is 12.5. The summed E-state index contributed by atoms with van der Waals surface area (Å²) >= 11 is 6.41. The molecular weight excluding hydrogens is 433 g/mol. The molecule has 2 aromatic carbocycles. The number of hydrogen-bond donors (Lipinski definition) is 2. The second-order valence-electron chi connectivity index (χ2n) is 8.37. The van der Waals surface area contributed by atoms with E-state index in [1.165, 1.54) is 0 Å². The number of nitrogens with zero attached hydrogens (tertiary/aromatic N) is 3. The van der Waals surface area contributed by atoms with Crippen LogP contribution < -0.4 is 16.1 Å². The number of carbonyl (C=O) groups is 1. The van der Waals surface area contributed by atoms with Crippen LogP contribution in [-0.2, 0) is 11.3 Å². The molecule has 2 heterocycles. The van der Waals surface area contributed by atoms with Crippen molar-refractivity contribution < 1.29 is 4.79 Å². The standard InChI is InChI=1S/C25H23BClN5O/c26-20-15-29-32-23(13-22(31-24(20)32)19-10-3-4-11-21(19)27)28-14-16-6-5-9-18(12-16)30-25(33)17-7-1-2-8-17/h3-6,9-13,15,17,28H,1-2,7-8,14H2,(H,30,33). The van der Waals surface area contributed by atoms with E-state index in [0.29, 0.717) is 28.4 Å². The average molecular weight is 456 g/mol. The zero-order valence-corrected chi connectivity index (χ0v) is 18.8. The van der Waals surface area contributed by atoms with Crippen LogP contribution in [0.25, 0.3) is 16.9 Å². The summed E-state index contributed by atoms with van der Waals surface area (Å²) in [5.74, 6) is 0.988. The van der Waals surface area contributed by atoms with Gasteiger partial charge in [0.2, 0.25) is 5.91 Å². The number of rotatable bonds is 6. The lowest BCUT2D eigenvalue weighted by Crippen LogP contribution is -2.20. The van der Waals surface area contributed by atoms with Gasteiger partial charge in [0.15, 0.2) is 5.65 Å². The Bertz CT molecular complexity index is 1320. The molecule has 0 bridgehead atoms. The molecule has 2 N–H and O–H groups in total. The zero-order valence-electron chi connectivity index (χ0n) is 18.1. The van der Waals surface area contributed by atoms with E-state index in [-0.39, 0.29) is 11.8 Å². The molecular formula is C25H23BClN5O. The normalized spacial score (nSPS) is 14.0. The van der Waals surface area contributed by atoms with E-state index in [4.69, 9.17) is 19.4 Å². The summed E-state index contributed by atoms with van der Waals surface area (Å²) in [5, 5.41) is 11.5. The fraction of sp³-hybridized carbons (Fsp3) is 0.240. The van der Waals surface area contributed by atoms with Gasteiger partial charge in [-0.15, -0.1) is 0 Å². The molecule has 2 radical (unpaired) electrons. The highest BCUT2D eigenvalue weighted by molar-refractivity contribution is 6.36. The van der Waals surface area contributed by atoms with Crippen molar-refractivity contribution in [2.24, 2.45) is 5.92 Å². The minimum absolute atomic E-state index is 0.116.